The van der Waals surface area contributed by atoms with Crippen LogP contribution in [-0.4, -0.2) is 18.9 Å². The van der Waals surface area contributed by atoms with Gasteiger partial charge in [0.1, 0.15) is 0 Å². The third-order valence-electron chi connectivity index (χ3n) is 1.72. The van der Waals surface area contributed by atoms with Gasteiger partial charge in [-0.25, -0.2) is 0 Å². The van der Waals surface area contributed by atoms with Crippen LogP contribution in [0.4, 0.5) is 0 Å². The summed E-state index contributed by atoms with van der Waals surface area (Å²) in [5, 5.41) is 2.77. The van der Waals surface area contributed by atoms with Gasteiger partial charge in [-0.1, -0.05) is 11.6 Å². The molecule has 0 spiro atoms. The van der Waals surface area contributed by atoms with Crippen LogP contribution >= 0.6 is 24.0 Å². The highest BCUT2D eigenvalue weighted by atomic mass is 35.5. The number of nitrogens with two attached hydrogens (primary N) is 1. The van der Waals surface area contributed by atoms with Gasteiger partial charge in [0.15, 0.2) is 0 Å². The van der Waals surface area contributed by atoms with Gasteiger partial charge >= 0.3 is 0 Å². The summed E-state index contributed by atoms with van der Waals surface area (Å²) < 4.78 is 0. The molecule has 0 bridgehead atoms. The van der Waals surface area contributed by atoms with Gasteiger partial charge in [0.05, 0.1) is 11.1 Å². The molecule has 0 aromatic heterocycles. The summed E-state index contributed by atoms with van der Waals surface area (Å²) in [7, 11) is 1.47. The highest BCUT2D eigenvalue weighted by Crippen LogP contribution is 2.15. The molecule has 4 nitrogen and oxygen atoms in total. The van der Waals surface area contributed by atoms with Crippen LogP contribution in [0.25, 0.3) is 0 Å². The SMILES string of the molecule is CNC(=O)c1ccc(Cl)cc1C(N)=O.Cl. The number of nitrogens with one attached hydrogen (secondary N) is 1. The number of carbonyl (C=O) groups is 2. The maximum atomic E-state index is 11.3. The van der Waals surface area contributed by atoms with Crippen LogP contribution in [0.1, 0.15) is 20.7 Å². The Morgan fingerprint density at radius 3 is 2.40 bits per heavy atom. The lowest BCUT2D eigenvalue weighted by molar-refractivity contribution is 0.0943. The first-order valence-corrected chi connectivity index (χ1v) is 4.25. The third kappa shape index (κ3) is 3.11. The average molecular weight is 249 g/mol. The Morgan fingerprint density at radius 2 is 1.93 bits per heavy atom. The van der Waals surface area contributed by atoms with Crippen molar-refractivity contribution in [2.24, 2.45) is 5.73 Å². The zero-order chi connectivity index (χ0) is 10.7. The van der Waals surface area contributed by atoms with Gasteiger partial charge in [0.25, 0.3) is 5.91 Å². The summed E-state index contributed by atoms with van der Waals surface area (Å²) in [6, 6.07) is 4.36. The molecule has 0 fully saturated rings. The minimum absolute atomic E-state index is 0. The molecule has 0 atom stereocenters. The Labute approximate surface area is 98.2 Å². The molecule has 1 aromatic carbocycles. The summed E-state index contributed by atoms with van der Waals surface area (Å²) in [5.74, 6) is -1.04. The Bertz CT molecular complexity index is 394. The summed E-state index contributed by atoms with van der Waals surface area (Å²) >= 11 is 5.67. The van der Waals surface area contributed by atoms with Gasteiger partial charge in [-0.05, 0) is 18.2 Å². The molecule has 0 aliphatic heterocycles. The molecule has 0 aliphatic rings. The first kappa shape index (κ1) is 13.7. The summed E-state index contributed by atoms with van der Waals surface area (Å²) in [5.41, 5.74) is 5.45. The van der Waals surface area contributed by atoms with Crippen LogP contribution < -0.4 is 11.1 Å². The number of primary amides is 1. The molecule has 15 heavy (non-hydrogen) atoms. The standard InChI is InChI=1S/C9H9ClN2O2.ClH/c1-12-9(14)6-3-2-5(10)4-7(6)8(11)13;/h2-4H,1H3,(H2,11,13)(H,12,14);1H. The maximum absolute atomic E-state index is 11.3. The number of rotatable bonds is 2. The van der Waals surface area contributed by atoms with Crippen LogP contribution in [-0.2, 0) is 0 Å². The molecule has 0 aliphatic carbocycles. The van der Waals surface area contributed by atoms with E-state index in [4.69, 9.17) is 17.3 Å². The zero-order valence-electron chi connectivity index (χ0n) is 7.91. The van der Waals surface area contributed by atoms with Crippen molar-refractivity contribution in [3.8, 4) is 0 Å². The van der Waals surface area contributed by atoms with Crippen molar-refractivity contribution in [1.29, 1.82) is 0 Å². The lowest BCUT2D eigenvalue weighted by Gasteiger charge is -2.05. The second-order valence-electron chi connectivity index (χ2n) is 2.63. The molecule has 3 N–H and O–H groups in total. The Balaban J connectivity index is 0.00000196. The lowest BCUT2D eigenvalue weighted by atomic mass is 10.1. The topological polar surface area (TPSA) is 72.2 Å². The Kier molecular flexibility index (Phi) is 5.11. The van der Waals surface area contributed by atoms with E-state index in [1.807, 2.05) is 0 Å². The van der Waals surface area contributed by atoms with E-state index >= 15 is 0 Å². The highest BCUT2D eigenvalue weighted by molar-refractivity contribution is 6.31. The van der Waals surface area contributed by atoms with Gasteiger partial charge < -0.3 is 11.1 Å². The van der Waals surface area contributed by atoms with Crippen molar-refractivity contribution in [2.75, 3.05) is 7.05 Å². The molecule has 0 saturated carbocycles. The lowest BCUT2D eigenvalue weighted by Crippen LogP contribution is -2.23. The van der Waals surface area contributed by atoms with E-state index in [1.165, 1.54) is 25.2 Å². The van der Waals surface area contributed by atoms with Gasteiger partial charge in [0.2, 0.25) is 5.91 Å². The quantitative estimate of drug-likeness (QED) is 0.827. The molecular weight excluding hydrogens is 239 g/mol. The summed E-state index contributed by atoms with van der Waals surface area (Å²) in [4.78, 5) is 22.3. The molecule has 82 valence electrons. The number of hydrogen-bond donors (Lipinski definition) is 2. The van der Waals surface area contributed by atoms with Crippen molar-refractivity contribution >= 4 is 35.8 Å². The van der Waals surface area contributed by atoms with Crippen molar-refractivity contribution in [3.05, 3.63) is 34.3 Å². The smallest absolute Gasteiger partial charge is 0.251 e. The fraction of sp³-hybridized carbons (Fsp3) is 0.111. The largest absolute Gasteiger partial charge is 0.366 e. The van der Waals surface area contributed by atoms with Crippen molar-refractivity contribution in [2.45, 2.75) is 0 Å². The summed E-state index contributed by atoms with van der Waals surface area (Å²) in [6.07, 6.45) is 0. The predicted octanol–water partition coefficient (Wildman–Crippen LogP) is 1.22. The Hall–Kier alpha value is -1.26. The molecule has 0 heterocycles. The molecular formula is C9H10Cl2N2O2. The minimum Gasteiger partial charge on any atom is -0.366 e. The van der Waals surface area contributed by atoms with E-state index in [-0.39, 0.29) is 29.4 Å². The van der Waals surface area contributed by atoms with Crippen LogP contribution in [0.15, 0.2) is 18.2 Å². The molecule has 1 rings (SSSR count). The van der Waals surface area contributed by atoms with E-state index in [1.54, 1.807) is 0 Å². The van der Waals surface area contributed by atoms with Crippen LogP contribution in [0.5, 0.6) is 0 Å². The minimum atomic E-state index is -0.675. The fourth-order valence-electron chi connectivity index (χ4n) is 1.05. The fourth-order valence-corrected chi connectivity index (χ4v) is 1.23. The van der Waals surface area contributed by atoms with E-state index in [0.29, 0.717) is 5.02 Å². The van der Waals surface area contributed by atoms with Crippen LogP contribution in [0.3, 0.4) is 0 Å². The highest BCUT2D eigenvalue weighted by Gasteiger charge is 2.13. The van der Waals surface area contributed by atoms with E-state index in [0.717, 1.165) is 0 Å². The molecule has 1 aromatic rings. The number of hydrogen-bond acceptors (Lipinski definition) is 2. The number of halogens is 2. The number of benzene rings is 1. The summed E-state index contributed by atoms with van der Waals surface area (Å²) in [6.45, 7) is 0. The van der Waals surface area contributed by atoms with Gasteiger partial charge in [0, 0.05) is 12.1 Å². The Morgan fingerprint density at radius 1 is 1.33 bits per heavy atom. The van der Waals surface area contributed by atoms with Crippen molar-refractivity contribution in [1.82, 2.24) is 5.32 Å². The van der Waals surface area contributed by atoms with Gasteiger partial charge in [-0.3, -0.25) is 9.59 Å². The molecule has 0 saturated heterocycles. The predicted molar refractivity (Wildman–Crippen MR) is 60.6 cm³/mol. The van der Waals surface area contributed by atoms with Gasteiger partial charge in [-0.15, -0.1) is 12.4 Å². The molecule has 6 heteroatoms. The van der Waals surface area contributed by atoms with Crippen LogP contribution in [0, 0.1) is 0 Å². The maximum Gasteiger partial charge on any atom is 0.251 e. The number of carbonyl (C=O) groups excluding carboxylic acids is 2. The van der Waals surface area contributed by atoms with Crippen molar-refractivity contribution < 1.29 is 9.59 Å². The molecule has 0 unspecified atom stereocenters. The first-order valence-electron chi connectivity index (χ1n) is 3.87. The van der Waals surface area contributed by atoms with E-state index in [9.17, 15) is 9.59 Å². The first-order chi connectivity index (χ1) is 6.56. The van der Waals surface area contributed by atoms with E-state index < -0.39 is 5.91 Å². The zero-order valence-corrected chi connectivity index (χ0v) is 9.48. The van der Waals surface area contributed by atoms with Crippen LogP contribution in [0.2, 0.25) is 5.02 Å². The number of amides is 2. The second kappa shape index (κ2) is 5.58. The van der Waals surface area contributed by atoms with Crippen molar-refractivity contribution in [3.63, 3.8) is 0 Å². The monoisotopic (exact) mass is 248 g/mol. The third-order valence-corrected chi connectivity index (χ3v) is 1.95. The van der Waals surface area contributed by atoms with E-state index in [2.05, 4.69) is 5.32 Å². The normalized spacial score (nSPS) is 8.93. The second-order valence-corrected chi connectivity index (χ2v) is 3.07. The molecule has 0 radical (unpaired) electrons. The molecule has 2 amide bonds. The average Bonchev–Trinajstić information content (AvgIpc) is 2.16. The van der Waals surface area contributed by atoms with Gasteiger partial charge in [-0.2, -0.15) is 0 Å².